The highest BCUT2D eigenvalue weighted by Gasteiger charge is 2.30. The Morgan fingerprint density at radius 2 is 1.78 bits per heavy atom. The van der Waals surface area contributed by atoms with Gasteiger partial charge in [0.15, 0.2) is 11.5 Å². The molecule has 0 amide bonds. The van der Waals surface area contributed by atoms with Crippen LogP contribution in [0.1, 0.15) is 17.9 Å². The second-order valence-electron chi connectivity index (χ2n) is 6.74. The molecule has 0 radical (unpaired) electrons. The lowest BCUT2D eigenvalue weighted by Gasteiger charge is -2.37. The molecule has 140 valence electrons. The Bertz CT molecular complexity index is 933. The summed E-state index contributed by atoms with van der Waals surface area (Å²) in [5, 5.41) is 11.5. The number of nitrogens with zero attached hydrogens (tertiary/aromatic N) is 3. The Kier molecular flexibility index (Phi) is 4.81. The molecule has 6 heteroatoms. The molecule has 0 unspecified atom stereocenters. The maximum Gasteiger partial charge on any atom is 0.162 e. The van der Waals surface area contributed by atoms with Crippen molar-refractivity contribution < 1.29 is 14.6 Å². The zero-order chi connectivity index (χ0) is 18.8. The lowest BCUT2D eigenvalue weighted by atomic mass is 9.88. The highest BCUT2D eigenvalue weighted by molar-refractivity contribution is 5.92. The molecule has 0 aliphatic carbocycles. The number of anilines is 1. The van der Waals surface area contributed by atoms with Gasteiger partial charge in [-0.25, -0.2) is 9.97 Å². The predicted molar refractivity (Wildman–Crippen MR) is 105 cm³/mol. The van der Waals surface area contributed by atoms with E-state index in [9.17, 15) is 5.11 Å². The summed E-state index contributed by atoms with van der Waals surface area (Å²) in [5.74, 6) is 2.20. The van der Waals surface area contributed by atoms with Gasteiger partial charge in [-0.1, -0.05) is 30.3 Å². The molecular formula is C21H23N3O3. The van der Waals surface area contributed by atoms with Crippen LogP contribution in [-0.2, 0) is 0 Å². The standard InChI is InChI=1S/C21H23N3O3/c1-26-19-10-15-17(11-20(19)27-2)22-13-23-21(15)24-9-8-18(25)16(12-24)14-6-4-3-5-7-14/h3-7,10-11,13,16,18,25H,8-9,12H2,1-2H3/t16-,18+/m0/s1. The minimum Gasteiger partial charge on any atom is -0.493 e. The van der Waals surface area contributed by atoms with E-state index in [1.165, 1.54) is 0 Å². The van der Waals surface area contributed by atoms with Crippen molar-refractivity contribution in [2.45, 2.75) is 18.4 Å². The van der Waals surface area contributed by atoms with Crippen LogP contribution < -0.4 is 14.4 Å². The first kappa shape index (κ1) is 17.5. The number of piperidine rings is 1. The number of hydrogen-bond acceptors (Lipinski definition) is 6. The van der Waals surface area contributed by atoms with Crippen molar-refractivity contribution in [1.82, 2.24) is 9.97 Å². The SMILES string of the molecule is COc1cc2ncnc(N3CC[C@@H](O)[C@H](c4ccccc4)C3)c2cc1OC. The van der Waals surface area contributed by atoms with Gasteiger partial charge in [0.05, 0.1) is 25.8 Å². The average molecular weight is 365 g/mol. The van der Waals surface area contributed by atoms with Crippen LogP contribution in [0, 0.1) is 0 Å². The number of aliphatic hydroxyl groups is 1. The van der Waals surface area contributed by atoms with Crippen LogP contribution in [-0.4, -0.2) is 48.5 Å². The Balaban J connectivity index is 1.73. The molecule has 27 heavy (non-hydrogen) atoms. The number of hydrogen-bond donors (Lipinski definition) is 1. The monoisotopic (exact) mass is 365 g/mol. The van der Waals surface area contributed by atoms with Crippen molar-refractivity contribution in [1.29, 1.82) is 0 Å². The topological polar surface area (TPSA) is 67.7 Å². The van der Waals surface area contributed by atoms with Gasteiger partial charge in [-0.15, -0.1) is 0 Å². The van der Waals surface area contributed by atoms with Crippen LogP contribution in [0.4, 0.5) is 5.82 Å². The van der Waals surface area contributed by atoms with Crippen molar-refractivity contribution in [2.24, 2.45) is 0 Å². The number of fused-ring (bicyclic) bond motifs is 1. The van der Waals surface area contributed by atoms with Gasteiger partial charge in [-0.05, 0) is 18.1 Å². The Morgan fingerprint density at radius 1 is 1.04 bits per heavy atom. The highest BCUT2D eigenvalue weighted by Crippen LogP contribution is 2.37. The van der Waals surface area contributed by atoms with E-state index in [2.05, 4.69) is 27.0 Å². The molecule has 2 heterocycles. The summed E-state index contributed by atoms with van der Waals surface area (Å²) in [6, 6.07) is 14.0. The third-order valence-electron chi connectivity index (χ3n) is 5.22. The zero-order valence-electron chi connectivity index (χ0n) is 15.5. The van der Waals surface area contributed by atoms with Gasteiger partial charge in [0.25, 0.3) is 0 Å². The summed E-state index contributed by atoms with van der Waals surface area (Å²) in [5.41, 5.74) is 1.95. The van der Waals surface area contributed by atoms with Gasteiger partial charge in [0.2, 0.25) is 0 Å². The third-order valence-corrected chi connectivity index (χ3v) is 5.22. The Labute approximate surface area is 158 Å². The van der Waals surface area contributed by atoms with Gasteiger partial charge in [-0.3, -0.25) is 0 Å². The van der Waals surface area contributed by atoms with E-state index >= 15 is 0 Å². The van der Waals surface area contributed by atoms with Crippen LogP contribution in [0.25, 0.3) is 10.9 Å². The lowest BCUT2D eigenvalue weighted by molar-refractivity contribution is 0.122. The number of ether oxygens (including phenoxy) is 2. The number of methoxy groups -OCH3 is 2. The molecule has 1 saturated heterocycles. The van der Waals surface area contributed by atoms with Crippen LogP contribution in [0.15, 0.2) is 48.8 Å². The van der Waals surface area contributed by atoms with E-state index < -0.39 is 0 Å². The summed E-state index contributed by atoms with van der Waals surface area (Å²) in [7, 11) is 3.23. The Hall–Kier alpha value is -2.86. The number of rotatable bonds is 4. The van der Waals surface area contributed by atoms with Gasteiger partial charge >= 0.3 is 0 Å². The molecule has 1 aliphatic heterocycles. The maximum atomic E-state index is 10.6. The highest BCUT2D eigenvalue weighted by atomic mass is 16.5. The van der Waals surface area contributed by atoms with Crippen molar-refractivity contribution in [3.05, 3.63) is 54.4 Å². The average Bonchev–Trinajstić information content (AvgIpc) is 2.73. The van der Waals surface area contributed by atoms with Gasteiger partial charge in [-0.2, -0.15) is 0 Å². The molecule has 6 nitrogen and oxygen atoms in total. The molecule has 0 spiro atoms. The smallest absolute Gasteiger partial charge is 0.162 e. The zero-order valence-corrected chi connectivity index (χ0v) is 15.5. The fourth-order valence-electron chi connectivity index (χ4n) is 3.78. The molecule has 2 atom stereocenters. The van der Waals surface area contributed by atoms with Gasteiger partial charge in [0, 0.05) is 30.5 Å². The van der Waals surface area contributed by atoms with E-state index in [0.29, 0.717) is 24.5 Å². The first-order valence-corrected chi connectivity index (χ1v) is 9.06. The molecule has 1 aromatic heterocycles. The van der Waals surface area contributed by atoms with E-state index in [0.717, 1.165) is 28.8 Å². The van der Waals surface area contributed by atoms with Crippen LogP contribution in [0.5, 0.6) is 11.5 Å². The second kappa shape index (κ2) is 7.40. The molecule has 3 aromatic rings. The van der Waals surface area contributed by atoms with E-state index in [1.54, 1.807) is 20.5 Å². The molecule has 1 N–H and O–H groups in total. The first-order valence-electron chi connectivity index (χ1n) is 9.06. The maximum absolute atomic E-state index is 10.6. The van der Waals surface area contributed by atoms with Crippen LogP contribution in [0.3, 0.4) is 0 Å². The molecule has 1 fully saturated rings. The summed E-state index contributed by atoms with van der Waals surface area (Å²) in [4.78, 5) is 11.2. The molecule has 0 bridgehead atoms. The van der Waals surface area contributed by atoms with E-state index in [-0.39, 0.29) is 12.0 Å². The molecular weight excluding hydrogens is 342 g/mol. The predicted octanol–water partition coefficient (Wildman–Crippen LogP) is 3.00. The second-order valence-corrected chi connectivity index (χ2v) is 6.74. The van der Waals surface area contributed by atoms with Crippen molar-refractivity contribution in [3.8, 4) is 11.5 Å². The van der Waals surface area contributed by atoms with Crippen molar-refractivity contribution in [3.63, 3.8) is 0 Å². The minimum atomic E-state index is -0.355. The van der Waals surface area contributed by atoms with E-state index in [1.807, 2.05) is 30.3 Å². The summed E-state index contributed by atoms with van der Waals surface area (Å²) in [6.07, 6.45) is 1.91. The quantitative estimate of drug-likeness (QED) is 0.767. The summed E-state index contributed by atoms with van der Waals surface area (Å²) in [6.45, 7) is 1.44. The molecule has 0 saturated carbocycles. The fourth-order valence-corrected chi connectivity index (χ4v) is 3.78. The van der Waals surface area contributed by atoms with E-state index in [4.69, 9.17) is 9.47 Å². The van der Waals surface area contributed by atoms with Crippen molar-refractivity contribution in [2.75, 3.05) is 32.2 Å². The number of benzene rings is 2. The third kappa shape index (κ3) is 3.28. The lowest BCUT2D eigenvalue weighted by Crippen LogP contribution is -2.42. The Morgan fingerprint density at radius 3 is 2.52 bits per heavy atom. The van der Waals surface area contributed by atoms with Crippen molar-refractivity contribution >= 4 is 16.7 Å². The fraction of sp³-hybridized carbons (Fsp3) is 0.333. The molecule has 2 aromatic carbocycles. The van der Waals surface area contributed by atoms with Crippen LogP contribution in [0.2, 0.25) is 0 Å². The normalized spacial score (nSPS) is 19.9. The van der Waals surface area contributed by atoms with Gasteiger partial charge in [0.1, 0.15) is 12.1 Å². The minimum absolute atomic E-state index is 0.0464. The summed E-state index contributed by atoms with van der Waals surface area (Å²) >= 11 is 0. The number of aliphatic hydroxyl groups excluding tert-OH is 1. The first-order chi connectivity index (χ1) is 13.2. The van der Waals surface area contributed by atoms with Crippen LogP contribution >= 0.6 is 0 Å². The summed E-state index contributed by atoms with van der Waals surface area (Å²) < 4.78 is 10.8. The molecule has 1 aliphatic rings. The molecule has 4 rings (SSSR count). The largest absolute Gasteiger partial charge is 0.493 e. The number of aromatic nitrogens is 2. The van der Waals surface area contributed by atoms with Gasteiger partial charge < -0.3 is 19.5 Å².